The van der Waals surface area contributed by atoms with Crippen molar-refractivity contribution < 1.29 is 9.59 Å². The fraction of sp³-hybridized carbons (Fsp3) is 0.500. The maximum Gasteiger partial charge on any atom is 0.279 e. The summed E-state index contributed by atoms with van der Waals surface area (Å²) in [4.78, 5) is 24.2. The van der Waals surface area contributed by atoms with Crippen molar-refractivity contribution in [3.63, 3.8) is 0 Å². The van der Waals surface area contributed by atoms with Gasteiger partial charge in [0.1, 0.15) is 0 Å². The average molecular weight is 410 g/mol. The Hall–Kier alpha value is -0.400. The molecule has 1 aliphatic rings. The minimum absolute atomic E-state index is 0.0378. The van der Waals surface area contributed by atoms with Crippen LogP contribution in [-0.4, -0.2) is 11.8 Å². The third-order valence-corrected chi connectivity index (χ3v) is 6.40. The third kappa shape index (κ3) is 4.03. The lowest BCUT2D eigenvalue weighted by atomic mass is 9.89. The van der Waals surface area contributed by atoms with Gasteiger partial charge in [0.25, 0.3) is 5.91 Å². The molecule has 4 nitrogen and oxygen atoms in total. The molecular weight excluding hydrogens is 396 g/mol. The van der Waals surface area contributed by atoms with Crippen molar-refractivity contribution in [1.82, 2.24) is 10.9 Å². The summed E-state index contributed by atoms with van der Waals surface area (Å²) in [5.41, 5.74) is 4.98. The molecule has 1 heterocycles. The highest BCUT2D eigenvalue weighted by Gasteiger charge is 2.21. The molecule has 1 aromatic rings. The summed E-state index contributed by atoms with van der Waals surface area (Å²) in [6.45, 7) is 0. The lowest BCUT2D eigenvalue weighted by molar-refractivity contribution is -0.126. The first kappa shape index (κ1) is 15.0. The van der Waals surface area contributed by atoms with Gasteiger partial charge in [-0.05, 0) is 50.8 Å². The van der Waals surface area contributed by atoms with Crippen molar-refractivity contribution in [2.24, 2.45) is 5.92 Å². The molecule has 7 heteroatoms. The van der Waals surface area contributed by atoms with Crippen LogP contribution in [0, 0.1) is 5.92 Å². The third-order valence-electron chi connectivity index (χ3n) is 3.14. The molecule has 2 amide bonds. The van der Waals surface area contributed by atoms with Crippen molar-refractivity contribution >= 4 is 55.0 Å². The fourth-order valence-corrected chi connectivity index (χ4v) is 4.04. The van der Waals surface area contributed by atoms with Crippen LogP contribution in [0.1, 0.15) is 41.8 Å². The standard InChI is InChI=1S/C12H14Br2N2O2S/c13-8-6-9(19-10(8)14)12(18)16-15-11(17)7-4-2-1-3-5-7/h6-7H,1-5H2,(H,15,17)(H,16,18). The maximum atomic E-state index is 11.9. The minimum Gasteiger partial charge on any atom is -0.273 e. The highest BCUT2D eigenvalue weighted by Crippen LogP contribution is 2.32. The number of rotatable bonds is 2. The van der Waals surface area contributed by atoms with Crippen LogP contribution in [0.4, 0.5) is 0 Å². The SMILES string of the molecule is O=C(NNC(=O)C1CCCCC1)c1cc(Br)c(Br)s1. The summed E-state index contributed by atoms with van der Waals surface area (Å²) >= 11 is 7.97. The number of halogens is 2. The Labute approximate surface area is 132 Å². The van der Waals surface area contributed by atoms with E-state index in [4.69, 9.17) is 0 Å². The summed E-state index contributed by atoms with van der Waals surface area (Å²) < 4.78 is 1.69. The van der Waals surface area contributed by atoms with E-state index >= 15 is 0 Å². The first-order valence-electron chi connectivity index (χ1n) is 6.13. The predicted molar refractivity (Wildman–Crippen MR) is 81.9 cm³/mol. The van der Waals surface area contributed by atoms with Crippen LogP contribution >= 0.6 is 43.2 Å². The molecule has 0 aliphatic heterocycles. The highest BCUT2D eigenvalue weighted by molar-refractivity contribution is 9.13. The molecule has 1 saturated carbocycles. The molecule has 2 N–H and O–H groups in total. The Morgan fingerprint density at radius 2 is 1.84 bits per heavy atom. The molecule has 0 atom stereocenters. The number of carbonyl (C=O) groups is 2. The van der Waals surface area contributed by atoms with Crippen molar-refractivity contribution in [1.29, 1.82) is 0 Å². The molecule has 0 unspecified atom stereocenters. The molecule has 0 bridgehead atoms. The molecule has 2 rings (SSSR count). The van der Waals surface area contributed by atoms with Crippen LogP contribution in [-0.2, 0) is 4.79 Å². The van der Waals surface area contributed by atoms with Crippen LogP contribution in [0.25, 0.3) is 0 Å². The van der Waals surface area contributed by atoms with Gasteiger partial charge >= 0.3 is 0 Å². The van der Waals surface area contributed by atoms with Crippen molar-refractivity contribution in [2.45, 2.75) is 32.1 Å². The number of nitrogens with one attached hydrogen (secondary N) is 2. The number of hydrogen-bond donors (Lipinski definition) is 2. The lowest BCUT2D eigenvalue weighted by Crippen LogP contribution is -2.44. The summed E-state index contributed by atoms with van der Waals surface area (Å²) in [5, 5.41) is 0. The van der Waals surface area contributed by atoms with Crippen LogP contribution in [0.5, 0.6) is 0 Å². The van der Waals surface area contributed by atoms with E-state index in [9.17, 15) is 9.59 Å². The molecule has 0 saturated heterocycles. The van der Waals surface area contributed by atoms with Gasteiger partial charge in [-0.1, -0.05) is 19.3 Å². The van der Waals surface area contributed by atoms with E-state index in [1.165, 1.54) is 17.8 Å². The largest absolute Gasteiger partial charge is 0.279 e. The molecule has 1 aromatic heterocycles. The van der Waals surface area contributed by atoms with E-state index in [1.807, 2.05) is 0 Å². The van der Waals surface area contributed by atoms with Gasteiger partial charge in [0.15, 0.2) is 0 Å². The van der Waals surface area contributed by atoms with Crippen molar-refractivity contribution in [3.8, 4) is 0 Å². The van der Waals surface area contributed by atoms with E-state index in [0.717, 1.165) is 33.9 Å². The summed E-state index contributed by atoms with van der Waals surface area (Å²) in [5.74, 6) is -0.334. The van der Waals surface area contributed by atoms with Gasteiger partial charge in [-0.15, -0.1) is 11.3 Å². The quantitative estimate of drug-likeness (QED) is 0.733. The Balaban J connectivity index is 1.84. The summed E-state index contributed by atoms with van der Waals surface area (Å²) in [6.07, 6.45) is 5.22. The second kappa shape index (κ2) is 6.85. The van der Waals surface area contributed by atoms with Gasteiger partial charge < -0.3 is 0 Å². The van der Waals surface area contributed by atoms with Gasteiger partial charge in [0, 0.05) is 10.4 Å². The van der Waals surface area contributed by atoms with Gasteiger partial charge in [-0.2, -0.15) is 0 Å². The van der Waals surface area contributed by atoms with Gasteiger partial charge in [-0.25, -0.2) is 0 Å². The lowest BCUT2D eigenvalue weighted by Gasteiger charge is -2.20. The normalized spacial score (nSPS) is 16.1. The van der Waals surface area contributed by atoms with Crippen LogP contribution in [0.15, 0.2) is 14.3 Å². The zero-order valence-corrected chi connectivity index (χ0v) is 14.2. The van der Waals surface area contributed by atoms with Gasteiger partial charge in [0.05, 0.1) is 8.66 Å². The highest BCUT2D eigenvalue weighted by atomic mass is 79.9. The van der Waals surface area contributed by atoms with Gasteiger partial charge in [0.2, 0.25) is 5.91 Å². The Bertz CT molecular complexity index is 465. The first-order chi connectivity index (χ1) is 9.08. The zero-order chi connectivity index (χ0) is 13.8. The molecule has 0 radical (unpaired) electrons. The van der Waals surface area contributed by atoms with Crippen LogP contribution < -0.4 is 10.9 Å². The van der Waals surface area contributed by atoms with Crippen molar-refractivity contribution in [2.75, 3.05) is 0 Å². The number of thiophene rings is 1. The minimum atomic E-state index is -0.291. The number of amides is 2. The van der Waals surface area contributed by atoms with E-state index in [1.54, 1.807) is 6.07 Å². The van der Waals surface area contributed by atoms with E-state index in [2.05, 4.69) is 42.7 Å². The first-order valence-corrected chi connectivity index (χ1v) is 8.53. The number of hydrazine groups is 1. The van der Waals surface area contributed by atoms with Gasteiger partial charge in [-0.3, -0.25) is 20.4 Å². The fourth-order valence-electron chi connectivity index (χ4n) is 2.11. The Kier molecular flexibility index (Phi) is 5.41. The number of hydrogen-bond acceptors (Lipinski definition) is 3. The Morgan fingerprint density at radius 3 is 2.42 bits per heavy atom. The van der Waals surface area contributed by atoms with Crippen LogP contribution in [0.2, 0.25) is 0 Å². The monoisotopic (exact) mass is 408 g/mol. The molecular formula is C12H14Br2N2O2S. The molecule has 19 heavy (non-hydrogen) atoms. The predicted octanol–water partition coefficient (Wildman–Crippen LogP) is 3.61. The number of carbonyl (C=O) groups excluding carboxylic acids is 2. The molecule has 0 aromatic carbocycles. The Morgan fingerprint density at radius 1 is 1.16 bits per heavy atom. The van der Waals surface area contributed by atoms with Crippen LogP contribution in [0.3, 0.4) is 0 Å². The molecule has 1 aliphatic carbocycles. The summed E-state index contributed by atoms with van der Waals surface area (Å²) in [6, 6.07) is 1.72. The average Bonchev–Trinajstić information content (AvgIpc) is 2.77. The molecule has 0 spiro atoms. The zero-order valence-electron chi connectivity index (χ0n) is 10.2. The van der Waals surface area contributed by atoms with Crippen molar-refractivity contribution in [3.05, 3.63) is 19.2 Å². The molecule has 104 valence electrons. The summed E-state index contributed by atoms with van der Waals surface area (Å²) in [7, 11) is 0. The maximum absolute atomic E-state index is 11.9. The van der Waals surface area contributed by atoms with E-state index in [-0.39, 0.29) is 17.7 Å². The van der Waals surface area contributed by atoms with E-state index < -0.39 is 0 Å². The topological polar surface area (TPSA) is 58.2 Å². The second-order valence-corrected chi connectivity index (χ2v) is 7.74. The molecule has 1 fully saturated rings. The second-order valence-electron chi connectivity index (χ2n) is 4.51. The van der Waals surface area contributed by atoms with E-state index in [0.29, 0.717) is 4.88 Å². The smallest absolute Gasteiger partial charge is 0.273 e.